The van der Waals surface area contributed by atoms with Gasteiger partial charge in [0, 0.05) is 6.07 Å². The SMILES string of the molecule is CC1(F)CCC2(CC1)NC(=O)c1c(Cl)cc(Nc3cc(N)ncn3)c(=O)n12. The van der Waals surface area contributed by atoms with Crippen LogP contribution in [0.5, 0.6) is 0 Å². The third-order valence-electron chi connectivity index (χ3n) is 5.21. The van der Waals surface area contributed by atoms with Crippen LogP contribution in [0, 0.1) is 0 Å². The molecule has 3 heterocycles. The smallest absolute Gasteiger partial charge is 0.276 e. The van der Waals surface area contributed by atoms with Crippen LogP contribution >= 0.6 is 11.6 Å². The summed E-state index contributed by atoms with van der Waals surface area (Å²) in [4.78, 5) is 33.5. The highest BCUT2D eigenvalue weighted by Crippen LogP contribution is 2.43. The number of anilines is 3. The van der Waals surface area contributed by atoms with Gasteiger partial charge in [-0.25, -0.2) is 14.4 Å². The number of carbonyl (C=O) groups is 1. The molecule has 27 heavy (non-hydrogen) atoms. The van der Waals surface area contributed by atoms with Crippen LogP contribution in [-0.2, 0) is 5.66 Å². The van der Waals surface area contributed by atoms with Crippen LogP contribution in [0.3, 0.4) is 0 Å². The van der Waals surface area contributed by atoms with Crippen molar-refractivity contribution in [1.29, 1.82) is 0 Å². The molecule has 2 aromatic rings. The van der Waals surface area contributed by atoms with Gasteiger partial charge in [0.25, 0.3) is 11.5 Å². The first-order valence-electron chi connectivity index (χ1n) is 8.53. The number of rotatable bonds is 2. The number of hydrogen-bond donors (Lipinski definition) is 3. The Morgan fingerprint density at radius 1 is 1.26 bits per heavy atom. The highest BCUT2D eigenvalue weighted by molar-refractivity contribution is 6.34. The van der Waals surface area contributed by atoms with E-state index in [-0.39, 0.29) is 35.1 Å². The zero-order chi connectivity index (χ0) is 19.4. The van der Waals surface area contributed by atoms with Crippen LogP contribution < -0.4 is 21.9 Å². The van der Waals surface area contributed by atoms with E-state index in [0.29, 0.717) is 18.7 Å². The highest BCUT2D eigenvalue weighted by Gasteiger charge is 2.49. The second kappa shape index (κ2) is 5.91. The molecule has 0 radical (unpaired) electrons. The van der Waals surface area contributed by atoms with Gasteiger partial charge in [-0.3, -0.25) is 14.2 Å². The van der Waals surface area contributed by atoms with Crippen molar-refractivity contribution in [2.24, 2.45) is 0 Å². The van der Waals surface area contributed by atoms with Gasteiger partial charge in [0.15, 0.2) is 0 Å². The van der Waals surface area contributed by atoms with Crippen molar-refractivity contribution in [3.8, 4) is 0 Å². The molecule has 1 spiro atoms. The summed E-state index contributed by atoms with van der Waals surface area (Å²) in [6.07, 6.45) is 2.34. The van der Waals surface area contributed by atoms with Gasteiger partial charge in [-0.15, -0.1) is 0 Å². The number of halogens is 2. The molecular weight excluding hydrogens is 375 g/mol. The third kappa shape index (κ3) is 2.91. The van der Waals surface area contributed by atoms with E-state index in [0.717, 1.165) is 0 Å². The molecule has 1 aliphatic carbocycles. The highest BCUT2D eigenvalue weighted by atomic mass is 35.5. The molecule has 2 aliphatic rings. The van der Waals surface area contributed by atoms with Crippen LogP contribution in [-0.4, -0.2) is 26.1 Å². The van der Waals surface area contributed by atoms with Gasteiger partial charge in [-0.1, -0.05) is 11.6 Å². The zero-order valence-electron chi connectivity index (χ0n) is 14.6. The Labute approximate surface area is 158 Å². The summed E-state index contributed by atoms with van der Waals surface area (Å²) in [5.74, 6) is 0.127. The van der Waals surface area contributed by atoms with Gasteiger partial charge in [0.05, 0.1) is 5.02 Å². The van der Waals surface area contributed by atoms with Crippen LogP contribution in [0.1, 0.15) is 43.1 Å². The first-order chi connectivity index (χ1) is 12.7. The van der Waals surface area contributed by atoms with E-state index in [1.54, 1.807) is 0 Å². The first kappa shape index (κ1) is 17.7. The Morgan fingerprint density at radius 2 is 1.96 bits per heavy atom. The van der Waals surface area contributed by atoms with Crippen molar-refractivity contribution in [2.75, 3.05) is 11.1 Å². The minimum absolute atomic E-state index is 0.0943. The zero-order valence-corrected chi connectivity index (χ0v) is 15.3. The lowest BCUT2D eigenvalue weighted by Crippen LogP contribution is -2.51. The van der Waals surface area contributed by atoms with Crippen molar-refractivity contribution in [3.05, 3.63) is 39.5 Å². The summed E-state index contributed by atoms with van der Waals surface area (Å²) in [5, 5.41) is 5.86. The van der Waals surface area contributed by atoms with Crippen LogP contribution in [0.2, 0.25) is 5.02 Å². The number of carbonyl (C=O) groups excluding carboxylic acids is 1. The molecule has 0 bridgehead atoms. The molecule has 1 saturated carbocycles. The Balaban J connectivity index is 1.81. The number of aromatic nitrogens is 3. The molecule has 8 nitrogen and oxygen atoms in total. The summed E-state index contributed by atoms with van der Waals surface area (Å²) in [7, 11) is 0. The number of amides is 1. The van der Waals surface area contributed by atoms with Crippen LogP contribution in [0.15, 0.2) is 23.3 Å². The Morgan fingerprint density at radius 3 is 2.63 bits per heavy atom. The monoisotopic (exact) mass is 392 g/mol. The summed E-state index contributed by atoms with van der Waals surface area (Å²) in [6, 6.07) is 2.86. The van der Waals surface area contributed by atoms with Crippen molar-refractivity contribution >= 4 is 34.8 Å². The van der Waals surface area contributed by atoms with Gasteiger partial charge in [-0.2, -0.15) is 0 Å². The molecule has 10 heteroatoms. The predicted octanol–water partition coefficient (Wildman–Crippen LogP) is 2.32. The average molecular weight is 393 g/mol. The summed E-state index contributed by atoms with van der Waals surface area (Å²) >= 11 is 6.31. The topological polar surface area (TPSA) is 115 Å². The average Bonchev–Trinajstić information content (AvgIpc) is 2.89. The quantitative estimate of drug-likeness (QED) is 0.722. The van der Waals surface area contributed by atoms with Gasteiger partial charge < -0.3 is 16.4 Å². The molecular formula is C17H18ClFN6O2. The number of pyridine rings is 1. The second-order valence-electron chi connectivity index (χ2n) is 7.25. The summed E-state index contributed by atoms with van der Waals surface area (Å²) in [6.45, 7) is 1.53. The standard InChI is InChI=1S/C17H18ClFN6O2/c1-16(19)2-4-17(5-3-16)24-14(26)13-9(18)6-10(15(27)25(13)17)23-12-7-11(20)21-8-22-12/h6-8H,2-5H2,1H3,(H,24,26)(H3,20,21,22,23). The molecule has 142 valence electrons. The fourth-order valence-corrected chi connectivity index (χ4v) is 4.01. The Kier molecular flexibility index (Phi) is 3.88. The van der Waals surface area contributed by atoms with E-state index in [1.807, 2.05) is 0 Å². The van der Waals surface area contributed by atoms with E-state index >= 15 is 0 Å². The molecule has 1 amide bonds. The van der Waals surface area contributed by atoms with E-state index in [2.05, 4.69) is 20.6 Å². The number of hydrogen-bond acceptors (Lipinski definition) is 6. The maximum absolute atomic E-state index is 14.3. The molecule has 0 atom stereocenters. The van der Waals surface area contributed by atoms with E-state index < -0.39 is 22.8 Å². The molecule has 0 saturated heterocycles. The lowest BCUT2D eigenvalue weighted by Gasteiger charge is -2.40. The predicted molar refractivity (Wildman–Crippen MR) is 98.9 cm³/mol. The molecule has 4 rings (SSSR count). The van der Waals surface area contributed by atoms with Gasteiger partial charge in [0.2, 0.25) is 0 Å². The fourth-order valence-electron chi connectivity index (χ4n) is 3.73. The maximum atomic E-state index is 14.3. The first-order valence-corrected chi connectivity index (χ1v) is 8.91. The third-order valence-corrected chi connectivity index (χ3v) is 5.50. The van der Waals surface area contributed by atoms with E-state index in [4.69, 9.17) is 17.3 Å². The number of alkyl halides is 1. The van der Waals surface area contributed by atoms with Gasteiger partial charge in [-0.05, 0) is 38.7 Å². The largest absolute Gasteiger partial charge is 0.384 e. The van der Waals surface area contributed by atoms with Crippen molar-refractivity contribution in [2.45, 2.75) is 43.9 Å². The Bertz CT molecular complexity index is 995. The number of nitrogens with two attached hydrogens (primary N) is 1. The van der Waals surface area contributed by atoms with Crippen molar-refractivity contribution in [1.82, 2.24) is 19.9 Å². The summed E-state index contributed by atoms with van der Waals surface area (Å²) < 4.78 is 15.7. The molecule has 1 aliphatic heterocycles. The number of nitrogen functional groups attached to an aromatic ring is 1. The minimum atomic E-state index is -1.32. The minimum Gasteiger partial charge on any atom is -0.384 e. The molecule has 4 N–H and O–H groups in total. The fraction of sp³-hybridized carbons (Fsp3) is 0.412. The van der Waals surface area contributed by atoms with Crippen LogP contribution in [0.4, 0.5) is 21.7 Å². The van der Waals surface area contributed by atoms with Gasteiger partial charge in [0.1, 0.15) is 40.7 Å². The molecule has 1 fully saturated rings. The molecule has 2 aromatic heterocycles. The number of nitrogens with zero attached hydrogens (tertiary/aromatic N) is 3. The Hall–Kier alpha value is -2.68. The van der Waals surface area contributed by atoms with Gasteiger partial charge >= 0.3 is 0 Å². The molecule has 0 aromatic carbocycles. The number of nitrogens with one attached hydrogen (secondary N) is 2. The maximum Gasteiger partial charge on any atom is 0.276 e. The van der Waals surface area contributed by atoms with Crippen LogP contribution in [0.25, 0.3) is 0 Å². The second-order valence-corrected chi connectivity index (χ2v) is 7.65. The lowest BCUT2D eigenvalue weighted by atomic mass is 9.81. The summed E-state index contributed by atoms with van der Waals surface area (Å²) in [5.41, 5.74) is 3.15. The van der Waals surface area contributed by atoms with E-state index in [1.165, 1.54) is 30.0 Å². The molecule has 0 unspecified atom stereocenters. The van der Waals surface area contributed by atoms with Crippen molar-refractivity contribution < 1.29 is 9.18 Å². The van der Waals surface area contributed by atoms with Crippen molar-refractivity contribution in [3.63, 3.8) is 0 Å². The lowest BCUT2D eigenvalue weighted by molar-refractivity contribution is 0.0443. The van der Waals surface area contributed by atoms with E-state index in [9.17, 15) is 14.0 Å². The number of fused-ring (bicyclic) bond motifs is 2. The normalized spacial score (nSPS) is 26.7.